The largest absolute Gasteiger partial charge is 0.480 e. The maximum atomic E-state index is 12.2. The Balaban J connectivity index is 2.08. The second-order valence-electron chi connectivity index (χ2n) is 9.58. The molecule has 0 aromatic rings. The zero-order chi connectivity index (χ0) is 19.5. The number of hydrogen-bond acceptors (Lipinski definition) is 3. The third kappa shape index (κ3) is 5.09. The van der Waals surface area contributed by atoms with Gasteiger partial charge in [-0.2, -0.15) is 0 Å². The van der Waals surface area contributed by atoms with Crippen molar-refractivity contribution in [2.45, 2.75) is 102 Å². The van der Waals surface area contributed by atoms with Crippen LogP contribution in [0.3, 0.4) is 0 Å². The summed E-state index contributed by atoms with van der Waals surface area (Å²) in [5.74, 6) is -0.360. The van der Waals surface area contributed by atoms with Crippen LogP contribution in [0, 0.1) is 5.92 Å². The number of carbonyl (C=O) groups excluding carboxylic acids is 1. The number of carbonyl (C=O) groups is 2. The maximum Gasteiger partial charge on any atom is 0.326 e. The molecule has 0 bridgehead atoms. The molecular formula is C20H37NO4Si. The molecule has 1 saturated heterocycles. The Morgan fingerprint density at radius 1 is 1.23 bits per heavy atom. The fourth-order valence-electron chi connectivity index (χ4n) is 3.99. The van der Waals surface area contributed by atoms with Crippen molar-refractivity contribution >= 4 is 20.2 Å². The summed E-state index contributed by atoms with van der Waals surface area (Å²) in [5, 5.41) is 9.54. The lowest BCUT2D eigenvalue weighted by Crippen LogP contribution is -2.47. The highest BCUT2D eigenvalue weighted by atomic mass is 28.4. The number of aliphatic carboxylic acids is 1. The molecule has 26 heavy (non-hydrogen) atoms. The normalized spacial score (nSPS) is 24.1. The Hall–Kier alpha value is -0.883. The average Bonchev–Trinajstić information content (AvgIpc) is 2.92. The highest BCUT2D eigenvalue weighted by molar-refractivity contribution is 6.74. The smallest absolute Gasteiger partial charge is 0.326 e. The van der Waals surface area contributed by atoms with Crippen molar-refractivity contribution in [1.82, 2.24) is 4.90 Å². The molecule has 0 spiro atoms. The van der Waals surface area contributed by atoms with E-state index in [-0.39, 0.29) is 17.0 Å². The highest BCUT2D eigenvalue weighted by Crippen LogP contribution is 2.40. The molecule has 2 fully saturated rings. The number of hydrogen-bond donors (Lipinski definition) is 1. The van der Waals surface area contributed by atoms with Gasteiger partial charge in [0.2, 0.25) is 5.91 Å². The molecule has 2 aliphatic rings. The number of nitrogens with zero attached hydrogens (tertiary/aromatic N) is 1. The van der Waals surface area contributed by atoms with Crippen molar-refractivity contribution in [3.05, 3.63) is 0 Å². The predicted octanol–water partition coefficient (Wildman–Crippen LogP) is 4.42. The van der Waals surface area contributed by atoms with Crippen LogP contribution in [-0.2, 0) is 14.0 Å². The topological polar surface area (TPSA) is 66.8 Å². The maximum absolute atomic E-state index is 12.2. The van der Waals surface area contributed by atoms with E-state index >= 15 is 0 Å². The molecule has 6 heteroatoms. The van der Waals surface area contributed by atoms with Gasteiger partial charge in [0, 0.05) is 19.1 Å². The van der Waals surface area contributed by atoms with Crippen LogP contribution in [0.15, 0.2) is 0 Å². The summed E-state index contributed by atoms with van der Waals surface area (Å²) < 4.78 is 6.79. The van der Waals surface area contributed by atoms with Gasteiger partial charge in [-0.05, 0) is 49.7 Å². The molecule has 150 valence electrons. The van der Waals surface area contributed by atoms with Crippen LogP contribution in [0.2, 0.25) is 18.1 Å². The molecule has 0 radical (unpaired) electrons. The standard InChI is InChI=1S/C20H37NO4Si/c1-20(2,3)26(4,5)25-17(15-9-7-6-8-10-15)13-14-21-16(19(23)24)11-12-18(21)22/h15-17H,6-14H2,1-5H3,(H,23,24)/t16-,17+/m1/s1. The van der Waals surface area contributed by atoms with Gasteiger partial charge < -0.3 is 14.4 Å². The summed E-state index contributed by atoms with van der Waals surface area (Å²) >= 11 is 0. The Bertz CT molecular complexity index is 508. The second-order valence-corrected chi connectivity index (χ2v) is 14.3. The summed E-state index contributed by atoms with van der Waals surface area (Å²) in [6, 6.07) is -0.651. The zero-order valence-electron chi connectivity index (χ0n) is 17.2. The van der Waals surface area contributed by atoms with E-state index in [0.29, 0.717) is 25.3 Å². The lowest BCUT2D eigenvalue weighted by molar-refractivity contribution is -0.146. The van der Waals surface area contributed by atoms with Crippen molar-refractivity contribution in [3.8, 4) is 0 Å². The van der Waals surface area contributed by atoms with Gasteiger partial charge in [0.05, 0.1) is 0 Å². The molecule has 1 aliphatic carbocycles. The Labute approximate surface area is 159 Å². The number of amides is 1. The lowest BCUT2D eigenvalue weighted by atomic mass is 9.84. The summed E-state index contributed by atoms with van der Waals surface area (Å²) in [5.41, 5.74) is 0. The van der Waals surface area contributed by atoms with E-state index in [1.54, 1.807) is 4.90 Å². The fraction of sp³-hybridized carbons (Fsp3) is 0.900. The second kappa shape index (κ2) is 8.42. The van der Waals surface area contributed by atoms with Gasteiger partial charge in [0.1, 0.15) is 6.04 Å². The summed E-state index contributed by atoms with van der Waals surface area (Å²) in [6.45, 7) is 11.8. The Kier molecular flexibility index (Phi) is 6.94. The van der Waals surface area contributed by atoms with E-state index in [9.17, 15) is 14.7 Å². The van der Waals surface area contributed by atoms with E-state index in [1.807, 2.05) is 0 Å². The minimum absolute atomic E-state index is 0.0212. The average molecular weight is 384 g/mol. The molecule has 1 amide bonds. The van der Waals surface area contributed by atoms with Crippen molar-refractivity contribution in [1.29, 1.82) is 0 Å². The fourth-order valence-corrected chi connectivity index (χ4v) is 5.41. The predicted molar refractivity (Wildman–Crippen MR) is 106 cm³/mol. The number of likely N-dealkylation sites (tertiary alicyclic amines) is 1. The first-order valence-electron chi connectivity index (χ1n) is 10.2. The molecule has 0 aromatic carbocycles. The van der Waals surface area contributed by atoms with E-state index in [4.69, 9.17) is 4.43 Å². The third-order valence-corrected chi connectivity index (χ3v) is 11.2. The van der Waals surface area contributed by atoms with Gasteiger partial charge in [-0.15, -0.1) is 0 Å². The lowest BCUT2D eigenvalue weighted by Gasteiger charge is -2.43. The molecule has 5 nitrogen and oxygen atoms in total. The summed E-state index contributed by atoms with van der Waals surface area (Å²) in [6.07, 6.45) is 7.87. The number of carboxylic acids is 1. The van der Waals surface area contributed by atoms with Gasteiger partial charge >= 0.3 is 5.97 Å². The summed E-state index contributed by atoms with van der Waals surface area (Å²) in [7, 11) is -1.90. The van der Waals surface area contributed by atoms with E-state index in [0.717, 1.165) is 6.42 Å². The summed E-state index contributed by atoms with van der Waals surface area (Å²) in [4.78, 5) is 25.2. The van der Waals surface area contributed by atoms with Crippen LogP contribution < -0.4 is 0 Å². The molecule has 0 aromatic heterocycles. The number of carboxylic acid groups (broad SMARTS) is 1. The van der Waals surface area contributed by atoms with E-state index < -0.39 is 20.3 Å². The quantitative estimate of drug-likeness (QED) is 0.661. The van der Waals surface area contributed by atoms with Crippen LogP contribution in [0.4, 0.5) is 0 Å². The Morgan fingerprint density at radius 3 is 2.38 bits per heavy atom. The van der Waals surface area contributed by atoms with Gasteiger partial charge in [-0.3, -0.25) is 4.79 Å². The SMILES string of the molecule is CC(C)(C)[Si](C)(C)O[C@@H](CCN1C(=O)CC[C@@H]1C(=O)O)C1CCCCC1. The van der Waals surface area contributed by atoms with Crippen LogP contribution in [0.5, 0.6) is 0 Å². The Morgan fingerprint density at radius 2 is 1.85 bits per heavy atom. The van der Waals surface area contributed by atoms with Gasteiger partial charge in [0.15, 0.2) is 8.32 Å². The van der Waals surface area contributed by atoms with E-state index in [2.05, 4.69) is 33.9 Å². The van der Waals surface area contributed by atoms with Crippen LogP contribution in [0.1, 0.15) is 72.1 Å². The van der Waals surface area contributed by atoms with Crippen LogP contribution in [-0.4, -0.2) is 48.9 Å². The first kappa shape index (κ1) is 21.4. The third-order valence-electron chi connectivity index (χ3n) is 6.70. The van der Waals surface area contributed by atoms with E-state index in [1.165, 1.54) is 32.1 Å². The minimum atomic E-state index is -1.90. The van der Waals surface area contributed by atoms with Crippen molar-refractivity contribution in [2.75, 3.05) is 6.54 Å². The zero-order valence-corrected chi connectivity index (χ0v) is 18.2. The first-order chi connectivity index (χ1) is 12.0. The monoisotopic (exact) mass is 383 g/mol. The van der Waals surface area contributed by atoms with Crippen molar-refractivity contribution in [3.63, 3.8) is 0 Å². The molecule has 1 heterocycles. The van der Waals surface area contributed by atoms with Crippen molar-refractivity contribution < 1.29 is 19.1 Å². The van der Waals surface area contributed by atoms with Crippen LogP contribution >= 0.6 is 0 Å². The molecule has 2 rings (SSSR count). The molecule has 1 N–H and O–H groups in total. The first-order valence-corrected chi connectivity index (χ1v) is 13.1. The van der Waals surface area contributed by atoms with Crippen LogP contribution in [0.25, 0.3) is 0 Å². The minimum Gasteiger partial charge on any atom is -0.480 e. The van der Waals surface area contributed by atoms with Gasteiger partial charge in [0.25, 0.3) is 0 Å². The molecule has 1 saturated carbocycles. The molecule has 2 atom stereocenters. The van der Waals surface area contributed by atoms with Crippen molar-refractivity contribution in [2.24, 2.45) is 5.92 Å². The highest BCUT2D eigenvalue weighted by Gasteiger charge is 2.42. The van der Waals surface area contributed by atoms with Gasteiger partial charge in [-0.1, -0.05) is 40.0 Å². The van der Waals surface area contributed by atoms with Gasteiger partial charge in [-0.25, -0.2) is 4.79 Å². The number of rotatable bonds is 7. The molecule has 1 aliphatic heterocycles. The molecular weight excluding hydrogens is 346 g/mol. The molecule has 0 unspecified atom stereocenters.